The Morgan fingerprint density at radius 2 is 1.60 bits per heavy atom. The highest BCUT2D eigenvalue weighted by Gasteiger charge is 2.72. The van der Waals surface area contributed by atoms with Gasteiger partial charge >= 0.3 is 11.9 Å². The van der Waals surface area contributed by atoms with E-state index in [1.54, 1.807) is 0 Å². The van der Waals surface area contributed by atoms with Crippen LogP contribution in [0.15, 0.2) is 40.9 Å². The van der Waals surface area contributed by atoms with Gasteiger partial charge in [0.05, 0.1) is 11.0 Å². The van der Waals surface area contributed by atoms with Crippen LogP contribution < -0.4 is 0 Å². The predicted molar refractivity (Wildman–Crippen MR) is 170 cm³/mol. The van der Waals surface area contributed by atoms with Gasteiger partial charge in [-0.1, -0.05) is 58.9 Å². The number of hydrogen-bond acceptors (Lipinski definition) is 3. The van der Waals surface area contributed by atoms with Crippen molar-refractivity contribution in [3.05, 3.63) is 46.5 Å². The Kier molecular flexibility index (Phi) is 7.20. The number of carbonyl (C=O) groups excluding carboxylic acids is 1. The second kappa shape index (κ2) is 9.94. The summed E-state index contributed by atoms with van der Waals surface area (Å²) in [4.78, 5) is 26.2. The second-order valence-electron chi connectivity index (χ2n) is 16.4. The van der Waals surface area contributed by atoms with Crippen LogP contribution in [0.5, 0.6) is 0 Å². The van der Waals surface area contributed by atoms with Crippen LogP contribution in [-0.2, 0) is 9.53 Å². The zero-order valence-electron chi connectivity index (χ0n) is 26.6. The number of fused-ring (bicyclic) bond motifs is 7. The Hall–Kier alpha value is -1.62. The van der Waals surface area contributed by atoms with Crippen LogP contribution in [0.3, 0.4) is 0 Å². The summed E-state index contributed by atoms with van der Waals surface area (Å²) in [5.41, 5.74) is 1.55. The first-order chi connectivity index (χ1) is 19.6. The van der Waals surface area contributed by atoms with Gasteiger partial charge in [-0.25, -0.2) is 4.79 Å². The minimum absolute atomic E-state index is 0.104. The molecule has 4 unspecified atom stereocenters. The minimum atomic E-state index is -0.574. The number of halogens is 1. The Labute approximate surface area is 261 Å². The molecule has 42 heavy (non-hydrogen) atoms. The summed E-state index contributed by atoms with van der Waals surface area (Å²) >= 11 is 3.53. The number of carboxylic acid groups (broad SMARTS) is 1. The van der Waals surface area contributed by atoms with E-state index >= 15 is 0 Å². The zero-order valence-corrected chi connectivity index (χ0v) is 28.2. The summed E-state index contributed by atoms with van der Waals surface area (Å²) in [5.74, 6) is 1.24. The molecule has 0 amide bonds. The number of benzene rings is 1. The molecule has 4 nitrogen and oxygen atoms in total. The molecule has 5 saturated carbocycles. The normalized spacial score (nSPS) is 45.5. The molecule has 0 heterocycles. The molecule has 10 atom stereocenters. The molecule has 1 N–H and O–H groups in total. The molecule has 5 heteroatoms. The Morgan fingerprint density at radius 1 is 0.881 bits per heavy atom. The van der Waals surface area contributed by atoms with Gasteiger partial charge in [0.1, 0.15) is 6.10 Å². The molecule has 5 fully saturated rings. The highest BCUT2D eigenvalue weighted by Crippen LogP contribution is 2.77. The van der Waals surface area contributed by atoms with E-state index in [0.717, 1.165) is 55.8 Å². The van der Waals surface area contributed by atoms with Crippen LogP contribution in [0.1, 0.15) is 116 Å². The molecule has 0 bridgehead atoms. The molecular weight excluding hydrogens is 588 g/mol. The van der Waals surface area contributed by atoms with Crippen LogP contribution in [0, 0.1) is 56.7 Å². The van der Waals surface area contributed by atoms with Crippen LogP contribution in [-0.4, -0.2) is 23.1 Å². The first kappa shape index (κ1) is 30.4. The Morgan fingerprint density at radius 3 is 2.26 bits per heavy atom. The Balaban J connectivity index is 1.30. The third kappa shape index (κ3) is 3.96. The van der Waals surface area contributed by atoms with Crippen molar-refractivity contribution in [2.45, 2.75) is 112 Å². The fraction of sp³-hybridized carbons (Fsp3) is 0.730. The van der Waals surface area contributed by atoms with E-state index in [4.69, 9.17) is 4.74 Å². The van der Waals surface area contributed by atoms with Crippen LogP contribution in [0.4, 0.5) is 0 Å². The highest BCUT2D eigenvalue weighted by atomic mass is 79.9. The molecule has 1 aromatic rings. The quantitative estimate of drug-likeness (QED) is 0.263. The molecule has 5 aliphatic rings. The van der Waals surface area contributed by atoms with Gasteiger partial charge in [0.25, 0.3) is 0 Å². The standard InChI is InChI=1S/C37H51BrO4/c1-22(2)23-14-19-37(32(40)41)21-20-35(6)25(30(23)37)12-13-28-34(5)17-16-29(33(3,4)27(34)15-18-36(28,35)7)42-31(39)24-10-8-9-11-26(24)38/h8-11,23,25,27-30H,1,12-21H2,2-7H3,(H,40,41)/t23-,25?,27?,28?,29-,30?,34-,35+,36+,37-/m0/s1. The van der Waals surface area contributed by atoms with E-state index in [2.05, 4.69) is 64.1 Å². The first-order valence-electron chi connectivity index (χ1n) is 16.5. The van der Waals surface area contributed by atoms with E-state index in [1.165, 1.54) is 18.4 Å². The van der Waals surface area contributed by atoms with Crippen molar-refractivity contribution in [1.29, 1.82) is 0 Å². The average Bonchev–Trinajstić information content (AvgIpc) is 3.32. The molecule has 0 saturated heterocycles. The summed E-state index contributed by atoms with van der Waals surface area (Å²) in [6.07, 6.45) is 10.1. The van der Waals surface area contributed by atoms with Gasteiger partial charge in [-0.2, -0.15) is 0 Å². The summed E-state index contributed by atoms with van der Waals surface area (Å²) in [6.45, 7) is 18.9. The minimum Gasteiger partial charge on any atom is -0.481 e. The number of carbonyl (C=O) groups is 2. The van der Waals surface area contributed by atoms with Crippen molar-refractivity contribution in [2.75, 3.05) is 0 Å². The summed E-state index contributed by atoms with van der Waals surface area (Å²) in [5, 5.41) is 10.6. The number of esters is 1. The molecule has 5 aliphatic carbocycles. The van der Waals surface area contributed by atoms with Gasteiger partial charge in [-0.05, 0) is 145 Å². The maximum Gasteiger partial charge on any atom is 0.339 e. The van der Waals surface area contributed by atoms with Crippen molar-refractivity contribution in [3.63, 3.8) is 0 Å². The molecule has 0 aliphatic heterocycles. The van der Waals surface area contributed by atoms with Crippen molar-refractivity contribution in [2.24, 2.45) is 56.7 Å². The van der Waals surface area contributed by atoms with E-state index in [9.17, 15) is 14.7 Å². The molecule has 6 rings (SSSR count). The van der Waals surface area contributed by atoms with Crippen molar-refractivity contribution < 1.29 is 19.4 Å². The lowest BCUT2D eigenvalue weighted by atomic mass is 9.32. The monoisotopic (exact) mass is 638 g/mol. The average molecular weight is 640 g/mol. The zero-order chi connectivity index (χ0) is 30.5. The smallest absolute Gasteiger partial charge is 0.339 e. The largest absolute Gasteiger partial charge is 0.481 e. The number of hydrogen-bond donors (Lipinski definition) is 1. The van der Waals surface area contributed by atoms with E-state index in [-0.39, 0.29) is 39.7 Å². The number of ether oxygens (including phenoxy) is 1. The van der Waals surface area contributed by atoms with E-state index in [1.807, 2.05) is 24.3 Å². The molecular formula is C37H51BrO4. The molecule has 230 valence electrons. The molecule has 0 radical (unpaired) electrons. The second-order valence-corrected chi connectivity index (χ2v) is 17.2. The molecule has 1 aromatic carbocycles. The lowest BCUT2D eigenvalue weighted by molar-refractivity contribution is -0.248. The Bertz CT molecular complexity index is 1300. The van der Waals surface area contributed by atoms with Crippen molar-refractivity contribution in [3.8, 4) is 0 Å². The fourth-order valence-corrected chi connectivity index (χ4v) is 13.0. The summed E-state index contributed by atoms with van der Waals surface area (Å²) in [7, 11) is 0. The predicted octanol–water partition coefficient (Wildman–Crippen LogP) is 9.72. The van der Waals surface area contributed by atoms with Gasteiger partial charge in [0.15, 0.2) is 0 Å². The maximum atomic E-state index is 13.3. The first-order valence-corrected chi connectivity index (χ1v) is 17.3. The van der Waals surface area contributed by atoms with Gasteiger partial charge in [0, 0.05) is 9.89 Å². The van der Waals surface area contributed by atoms with Gasteiger partial charge in [-0.15, -0.1) is 0 Å². The number of aliphatic carboxylic acids is 1. The lowest BCUT2D eigenvalue weighted by Gasteiger charge is -2.72. The SMILES string of the molecule is C=C(C)[C@@H]1CC[C@]2(C(=O)O)CC[C@]3(C)C(CCC4[C@@]5(C)CC[C@H](OC(=O)c6ccccc6Br)C(C)(C)C5CC[C@]43C)C12. The number of carboxylic acids is 1. The van der Waals surface area contributed by atoms with Gasteiger partial charge < -0.3 is 9.84 Å². The van der Waals surface area contributed by atoms with Gasteiger partial charge in [0.2, 0.25) is 0 Å². The third-order valence-electron chi connectivity index (χ3n) is 14.8. The van der Waals surface area contributed by atoms with Gasteiger partial charge in [-0.3, -0.25) is 4.79 Å². The maximum absolute atomic E-state index is 13.3. The summed E-state index contributed by atoms with van der Waals surface area (Å²) in [6, 6.07) is 7.54. The van der Waals surface area contributed by atoms with Crippen molar-refractivity contribution >= 4 is 27.9 Å². The van der Waals surface area contributed by atoms with Crippen LogP contribution >= 0.6 is 15.9 Å². The van der Waals surface area contributed by atoms with Crippen LogP contribution in [0.25, 0.3) is 0 Å². The highest BCUT2D eigenvalue weighted by molar-refractivity contribution is 9.10. The van der Waals surface area contributed by atoms with E-state index in [0.29, 0.717) is 29.2 Å². The summed E-state index contributed by atoms with van der Waals surface area (Å²) < 4.78 is 7.10. The molecule has 0 spiro atoms. The van der Waals surface area contributed by atoms with E-state index < -0.39 is 11.4 Å². The van der Waals surface area contributed by atoms with Crippen LogP contribution in [0.2, 0.25) is 0 Å². The molecule has 0 aromatic heterocycles. The topological polar surface area (TPSA) is 63.6 Å². The van der Waals surface area contributed by atoms with Crippen molar-refractivity contribution in [1.82, 2.24) is 0 Å². The lowest BCUT2D eigenvalue weighted by Crippen LogP contribution is -2.67. The fourth-order valence-electron chi connectivity index (χ4n) is 12.5. The number of rotatable bonds is 4. The third-order valence-corrected chi connectivity index (χ3v) is 15.5. The number of allylic oxidation sites excluding steroid dienone is 1.